The number of carbonyl (C=O) groups excluding carboxylic acids is 1. The number of carbonyl (C=O) groups is 1. The van der Waals surface area contributed by atoms with E-state index in [0.29, 0.717) is 6.54 Å². The van der Waals surface area contributed by atoms with E-state index < -0.39 is 5.60 Å². The zero-order valence-corrected chi connectivity index (χ0v) is 14.2. The lowest BCUT2D eigenvalue weighted by atomic mass is 9.65. The molecule has 2 heterocycles. The van der Waals surface area contributed by atoms with Crippen LogP contribution < -0.4 is 5.32 Å². The summed E-state index contributed by atoms with van der Waals surface area (Å²) in [6, 6.07) is 0. The Balaban J connectivity index is 0.00000220. The normalized spacial score (nSPS) is 25.3. The summed E-state index contributed by atoms with van der Waals surface area (Å²) >= 11 is 0. The van der Waals surface area contributed by atoms with Gasteiger partial charge in [0.05, 0.1) is 0 Å². The summed E-state index contributed by atoms with van der Waals surface area (Å²) in [5, 5.41) is 13.1. The standard InChI is InChI=1S/C15H28N2O3.ClH/c1-14(2,3)20-13(19)17-9-6-15(12(10-17)11-18)4-7-16-8-5-15;/h12,16,18H,4-11H2,1-3H3;1H. The fourth-order valence-corrected chi connectivity index (χ4v) is 3.44. The number of piperidine rings is 2. The predicted molar refractivity (Wildman–Crippen MR) is 84.8 cm³/mol. The minimum Gasteiger partial charge on any atom is -0.444 e. The van der Waals surface area contributed by atoms with Crippen LogP contribution in [0.5, 0.6) is 0 Å². The smallest absolute Gasteiger partial charge is 0.410 e. The molecule has 0 saturated carbocycles. The summed E-state index contributed by atoms with van der Waals surface area (Å²) in [5.41, 5.74) is -0.256. The summed E-state index contributed by atoms with van der Waals surface area (Å²) in [5.74, 6) is 0.172. The van der Waals surface area contributed by atoms with Crippen LogP contribution in [-0.4, -0.2) is 54.5 Å². The van der Waals surface area contributed by atoms with Gasteiger partial charge in [-0.25, -0.2) is 4.79 Å². The summed E-state index contributed by atoms with van der Waals surface area (Å²) in [6.07, 6.45) is 2.92. The largest absolute Gasteiger partial charge is 0.444 e. The van der Waals surface area contributed by atoms with Crippen molar-refractivity contribution >= 4 is 18.5 Å². The van der Waals surface area contributed by atoms with E-state index in [9.17, 15) is 9.90 Å². The van der Waals surface area contributed by atoms with Crippen LogP contribution in [0.15, 0.2) is 0 Å². The van der Waals surface area contributed by atoms with E-state index >= 15 is 0 Å². The van der Waals surface area contributed by atoms with Crippen molar-refractivity contribution in [3.8, 4) is 0 Å². The zero-order valence-electron chi connectivity index (χ0n) is 13.4. The van der Waals surface area contributed by atoms with Gasteiger partial charge >= 0.3 is 6.09 Å². The first-order valence-corrected chi connectivity index (χ1v) is 7.66. The molecule has 2 aliphatic heterocycles. The molecular formula is C15H29ClN2O3. The second kappa shape index (κ2) is 7.16. The number of amides is 1. The van der Waals surface area contributed by atoms with Crippen LogP contribution in [0.4, 0.5) is 4.79 Å². The Hall–Kier alpha value is -0.520. The van der Waals surface area contributed by atoms with Crippen LogP contribution in [0.2, 0.25) is 0 Å². The van der Waals surface area contributed by atoms with Crippen LogP contribution in [0.3, 0.4) is 0 Å². The Morgan fingerprint density at radius 1 is 1.33 bits per heavy atom. The molecule has 0 aromatic heterocycles. The van der Waals surface area contributed by atoms with Crippen LogP contribution >= 0.6 is 12.4 Å². The molecule has 0 bridgehead atoms. The van der Waals surface area contributed by atoms with Crippen LogP contribution in [0, 0.1) is 11.3 Å². The third kappa shape index (κ3) is 4.47. The van der Waals surface area contributed by atoms with Gasteiger partial charge in [0.2, 0.25) is 0 Å². The van der Waals surface area contributed by atoms with Gasteiger partial charge in [0, 0.05) is 25.6 Å². The molecule has 124 valence electrons. The molecule has 0 aliphatic carbocycles. The van der Waals surface area contributed by atoms with Gasteiger partial charge in [-0.15, -0.1) is 12.4 Å². The molecule has 0 aromatic rings. The number of halogens is 1. The molecule has 0 radical (unpaired) electrons. The van der Waals surface area contributed by atoms with Crippen LogP contribution in [0.25, 0.3) is 0 Å². The number of aliphatic hydroxyl groups is 1. The maximum atomic E-state index is 12.2. The molecule has 6 heteroatoms. The van der Waals surface area contributed by atoms with Crippen LogP contribution in [0.1, 0.15) is 40.0 Å². The molecule has 1 unspecified atom stereocenters. The highest BCUT2D eigenvalue weighted by Crippen LogP contribution is 2.43. The summed E-state index contributed by atoms with van der Waals surface area (Å²) in [6.45, 7) is 9.19. The molecule has 2 aliphatic rings. The van der Waals surface area contributed by atoms with E-state index in [2.05, 4.69) is 5.32 Å². The van der Waals surface area contributed by atoms with Crippen molar-refractivity contribution in [1.82, 2.24) is 10.2 Å². The van der Waals surface area contributed by atoms with Gasteiger partial charge in [-0.05, 0) is 58.5 Å². The summed E-state index contributed by atoms with van der Waals surface area (Å²) < 4.78 is 5.44. The monoisotopic (exact) mass is 320 g/mol. The number of rotatable bonds is 1. The van der Waals surface area contributed by atoms with Gasteiger partial charge < -0.3 is 20.1 Å². The zero-order chi connectivity index (χ0) is 14.8. The highest BCUT2D eigenvalue weighted by molar-refractivity contribution is 5.85. The van der Waals surface area contributed by atoms with E-state index in [-0.39, 0.29) is 36.4 Å². The molecule has 21 heavy (non-hydrogen) atoms. The van der Waals surface area contributed by atoms with E-state index in [1.165, 1.54) is 0 Å². The van der Waals surface area contributed by atoms with E-state index in [1.807, 2.05) is 20.8 Å². The Kier molecular flexibility index (Phi) is 6.32. The van der Waals surface area contributed by atoms with E-state index in [1.54, 1.807) is 4.90 Å². The topological polar surface area (TPSA) is 61.8 Å². The maximum absolute atomic E-state index is 12.2. The average Bonchev–Trinajstić information content (AvgIpc) is 2.38. The second-order valence-electron chi connectivity index (χ2n) is 7.17. The van der Waals surface area contributed by atoms with Crippen LogP contribution in [-0.2, 0) is 4.74 Å². The number of hydrogen-bond donors (Lipinski definition) is 2. The third-order valence-electron chi connectivity index (χ3n) is 4.66. The molecule has 2 saturated heterocycles. The van der Waals surface area contributed by atoms with Gasteiger partial charge in [0.15, 0.2) is 0 Å². The highest BCUT2D eigenvalue weighted by Gasteiger charge is 2.44. The first kappa shape index (κ1) is 18.5. The van der Waals surface area contributed by atoms with Gasteiger partial charge in [0.1, 0.15) is 5.60 Å². The van der Waals surface area contributed by atoms with Gasteiger partial charge in [-0.2, -0.15) is 0 Å². The lowest BCUT2D eigenvalue weighted by Crippen LogP contribution is -2.54. The SMILES string of the molecule is CC(C)(C)OC(=O)N1CCC2(CCNCC2)C(CO)C1.Cl. The second-order valence-corrected chi connectivity index (χ2v) is 7.17. The predicted octanol–water partition coefficient (Wildman–Crippen LogP) is 2.03. The number of likely N-dealkylation sites (tertiary alicyclic amines) is 1. The number of nitrogens with zero attached hydrogens (tertiary/aromatic N) is 1. The molecule has 1 atom stereocenters. The fourth-order valence-electron chi connectivity index (χ4n) is 3.44. The molecule has 2 fully saturated rings. The van der Waals surface area contributed by atoms with Crippen molar-refractivity contribution in [1.29, 1.82) is 0 Å². The lowest BCUT2D eigenvalue weighted by molar-refractivity contribution is -0.0348. The molecule has 2 rings (SSSR count). The highest BCUT2D eigenvalue weighted by atomic mass is 35.5. The Labute approximate surface area is 133 Å². The first-order chi connectivity index (χ1) is 9.36. The number of ether oxygens (including phenoxy) is 1. The first-order valence-electron chi connectivity index (χ1n) is 7.66. The third-order valence-corrected chi connectivity index (χ3v) is 4.66. The molecule has 1 spiro atoms. The average molecular weight is 321 g/mol. The van der Waals surface area contributed by atoms with Crippen molar-refractivity contribution < 1.29 is 14.6 Å². The van der Waals surface area contributed by atoms with E-state index in [0.717, 1.165) is 38.9 Å². The number of hydrogen-bond acceptors (Lipinski definition) is 4. The molecule has 5 nitrogen and oxygen atoms in total. The molecule has 2 N–H and O–H groups in total. The fraction of sp³-hybridized carbons (Fsp3) is 0.933. The van der Waals surface area contributed by atoms with Crippen molar-refractivity contribution in [2.75, 3.05) is 32.8 Å². The molecular weight excluding hydrogens is 292 g/mol. The van der Waals surface area contributed by atoms with Gasteiger partial charge in [0.25, 0.3) is 0 Å². The summed E-state index contributed by atoms with van der Waals surface area (Å²) in [4.78, 5) is 13.9. The minimum absolute atomic E-state index is 0. The Bertz CT molecular complexity index is 351. The van der Waals surface area contributed by atoms with Crippen molar-refractivity contribution in [2.45, 2.75) is 45.6 Å². The minimum atomic E-state index is -0.463. The molecule has 1 amide bonds. The van der Waals surface area contributed by atoms with Gasteiger partial charge in [-0.1, -0.05) is 0 Å². The van der Waals surface area contributed by atoms with E-state index in [4.69, 9.17) is 4.74 Å². The number of aliphatic hydroxyl groups excluding tert-OH is 1. The van der Waals surface area contributed by atoms with Crippen molar-refractivity contribution in [3.63, 3.8) is 0 Å². The summed E-state index contributed by atoms with van der Waals surface area (Å²) in [7, 11) is 0. The maximum Gasteiger partial charge on any atom is 0.410 e. The Morgan fingerprint density at radius 3 is 2.48 bits per heavy atom. The van der Waals surface area contributed by atoms with Gasteiger partial charge in [-0.3, -0.25) is 0 Å². The Morgan fingerprint density at radius 2 is 1.95 bits per heavy atom. The molecule has 0 aromatic carbocycles. The van der Waals surface area contributed by atoms with Crippen molar-refractivity contribution in [2.24, 2.45) is 11.3 Å². The lowest BCUT2D eigenvalue weighted by Gasteiger charge is -2.49. The number of nitrogens with one attached hydrogen (secondary N) is 1. The van der Waals surface area contributed by atoms with Crippen molar-refractivity contribution in [3.05, 3.63) is 0 Å². The quantitative estimate of drug-likeness (QED) is 0.776.